The van der Waals surface area contributed by atoms with E-state index in [9.17, 15) is 9.59 Å². The van der Waals surface area contributed by atoms with Crippen molar-refractivity contribution in [3.05, 3.63) is 47.1 Å². The molecule has 184 valence electrons. The van der Waals surface area contributed by atoms with Gasteiger partial charge >= 0.3 is 0 Å². The molecule has 0 aliphatic carbocycles. The molecule has 2 N–H and O–H groups in total. The summed E-state index contributed by atoms with van der Waals surface area (Å²) in [6.07, 6.45) is 1.35. The molecule has 0 spiro atoms. The SMILES string of the molecule is C[C@@H]1CNc2c(oc3ccc4nc(Oc5nc(Cl)ncc5C(=O)N5CCOCC5)ccc4c23)C(=O)N1. The third-order valence-corrected chi connectivity index (χ3v) is 6.30. The van der Waals surface area contributed by atoms with Crippen molar-refractivity contribution in [3.8, 4) is 11.8 Å². The zero-order valence-corrected chi connectivity index (χ0v) is 20.0. The molecule has 1 saturated heterocycles. The average Bonchev–Trinajstić information content (AvgIpc) is 3.20. The first-order valence-corrected chi connectivity index (χ1v) is 11.8. The number of halogens is 1. The number of rotatable bonds is 3. The Morgan fingerprint density at radius 1 is 1.19 bits per heavy atom. The Labute approximate surface area is 209 Å². The van der Waals surface area contributed by atoms with Crippen molar-refractivity contribution in [2.24, 2.45) is 0 Å². The number of nitrogens with zero attached hydrogens (tertiary/aromatic N) is 4. The van der Waals surface area contributed by atoms with Gasteiger partial charge in [-0.25, -0.2) is 9.97 Å². The van der Waals surface area contributed by atoms with E-state index in [1.54, 1.807) is 23.1 Å². The maximum Gasteiger partial charge on any atom is 0.289 e. The Morgan fingerprint density at radius 3 is 2.86 bits per heavy atom. The summed E-state index contributed by atoms with van der Waals surface area (Å²) in [5.41, 5.74) is 2.00. The fourth-order valence-electron chi connectivity index (χ4n) is 4.37. The van der Waals surface area contributed by atoms with Crippen LogP contribution in [0.5, 0.6) is 11.8 Å². The fourth-order valence-corrected chi connectivity index (χ4v) is 4.50. The number of anilines is 1. The lowest BCUT2D eigenvalue weighted by molar-refractivity contribution is 0.0300. The van der Waals surface area contributed by atoms with E-state index in [4.69, 9.17) is 25.5 Å². The molecule has 1 aromatic carbocycles. The normalized spacial score (nSPS) is 17.9. The molecule has 0 unspecified atom stereocenters. The van der Waals surface area contributed by atoms with E-state index in [0.29, 0.717) is 49.6 Å². The van der Waals surface area contributed by atoms with Crippen LogP contribution in [0, 0.1) is 0 Å². The standard InChI is InChI=1S/C24H21ClN6O5/c1-12-10-26-19-18-13-2-5-17(29-15(13)3-4-16(18)35-20(19)21(32)28-12)36-22-14(11-27-24(25)30-22)23(33)31-6-8-34-9-7-31/h2-5,11-12,26H,6-10H2,1H3,(H,28,32)/t12-/m1/s1. The number of hydrogen-bond acceptors (Lipinski definition) is 9. The number of benzene rings is 1. The summed E-state index contributed by atoms with van der Waals surface area (Å²) in [5, 5.41) is 7.70. The first-order chi connectivity index (χ1) is 17.5. The smallest absolute Gasteiger partial charge is 0.289 e. The molecule has 1 atom stereocenters. The van der Waals surface area contributed by atoms with Crippen molar-refractivity contribution >= 4 is 51.0 Å². The predicted molar refractivity (Wildman–Crippen MR) is 131 cm³/mol. The van der Waals surface area contributed by atoms with Crippen molar-refractivity contribution in [2.45, 2.75) is 13.0 Å². The molecule has 5 heterocycles. The number of aromatic nitrogens is 3. The van der Waals surface area contributed by atoms with Crippen LogP contribution in [0.3, 0.4) is 0 Å². The largest absolute Gasteiger partial charge is 0.449 e. The molecule has 0 radical (unpaired) electrons. The Bertz CT molecular complexity index is 1520. The van der Waals surface area contributed by atoms with Crippen LogP contribution in [0.15, 0.2) is 34.9 Å². The first kappa shape index (κ1) is 22.5. The number of fused-ring (bicyclic) bond motifs is 5. The maximum absolute atomic E-state index is 13.1. The minimum atomic E-state index is -0.271. The molecule has 6 rings (SSSR count). The van der Waals surface area contributed by atoms with Gasteiger partial charge in [-0.05, 0) is 36.7 Å². The van der Waals surface area contributed by atoms with Gasteiger partial charge in [0.05, 0.1) is 29.8 Å². The van der Waals surface area contributed by atoms with Gasteiger partial charge in [0.1, 0.15) is 11.1 Å². The Balaban J connectivity index is 1.37. The molecule has 36 heavy (non-hydrogen) atoms. The Morgan fingerprint density at radius 2 is 2.03 bits per heavy atom. The van der Waals surface area contributed by atoms with E-state index < -0.39 is 0 Å². The van der Waals surface area contributed by atoms with E-state index in [0.717, 1.165) is 10.8 Å². The van der Waals surface area contributed by atoms with Crippen LogP contribution in [-0.2, 0) is 4.74 Å². The molecule has 4 aromatic rings. The highest BCUT2D eigenvalue weighted by Gasteiger charge is 2.27. The molecule has 2 aliphatic rings. The lowest BCUT2D eigenvalue weighted by Gasteiger charge is -2.27. The summed E-state index contributed by atoms with van der Waals surface area (Å²) in [6.45, 7) is 4.33. The summed E-state index contributed by atoms with van der Waals surface area (Å²) in [7, 11) is 0. The lowest BCUT2D eigenvalue weighted by Crippen LogP contribution is -2.40. The third kappa shape index (κ3) is 3.95. The Kier molecular flexibility index (Phi) is 5.57. The van der Waals surface area contributed by atoms with Crippen molar-refractivity contribution in [2.75, 3.05) is 38.2 Å². The molecular weight excluding hydrogens is 488 g/mol. The monoisotopic (exact) mass is 508 g/mol. The molecule has 2 aliphatic heterocycles. The second-order valence-corrected chi connectivity index (χ2v) is 8.92. The number of ether oxygens (including phenoxy) is 2. The van der Waals surface area contributed by atoms with Gasteiger partial charge in [0.25, 0.3) is 11.8 Å². The van der Waals surface area contributed by atoms with Gasteiger partial charge in [-0.2, -0.15) is 4.98 Å². The van der Waals surface area contributed by atoms with E-state index in [2.05, 4.69) is 25.6 Å². The van der Waals surface area contributed by atoms with Gasteiger partial charge in [-0.3, -0.25) is 9.59 Å². The molecule has 0 saturated carbocycles. The van der Waals surface area contributed by atoms with Crippen molar-refractivity contribution < 1.29 is 23.5 Å². The van der Waals surface area contributed by atoms with Crippen LogP contribution >= 0.6 is 11.6 Å². The molecule has 12 heteroatoms. The number of carbonyl (C=O) groups is 2. The van der Waals surface area contributed by atoms with Crippen LogP contribution in [0.4, 0.5) is 5.69 Å². The van der Waals surface area contributed by atoms with Crippen molar-refractivity contribution in [1.82, 2.24) is 25.2 Å². The molecular formula is C24H21ClN6O5. The zero-order valence-electron chi connectivity index (χ0n) is 19.2. The number of carbonyl (C=O) groups excluding carboxylic acids is 2. The molecule has 11 nitrogen and oxygen atoms in total. The van der Waals surface area contributed by atoms with Gasteiger partial charge < -0.3 is 29.4 Å². The lowest BCUT2D eigenvalue weighted by atomic mass is 10.1. The topological polar surface area (TPSA) is 132 Å². The maximum atomic E-state index is 13.1. The predicted octanol–water partition coefficient (Wildman–Crippen LogP) is 3.23. The second kappa shape index (κ2) is 8.92. The second-order valence-electron chi connectivity index (χ2n) is 8.58. The quantitative estimate of drug-likeness (QED) is 0.400. The van der Waals surface area contributed by atoms with E-state index in [-0.39, 0.29) is 46.2 Å². The molecule has 3 aromatic heterocycles. The molecule has 0 bridgehead atoms. The van der Waals surface area contributed by atoms with E-state index in [1.807, 2.05) is 13.0 Å². The fraction of sp³-hybridized carbons (Fsp3) is 0.292. The number of morpholine rings is 1. The summed E-state index contributed by atoms with van der Waals surface area (Å²) < 4.78 is 17.1. The molecule has 2 amide bonds. The number of amides is 2. The van der Waals surface area contributed by atoms with Crippen LogP contribution in [0.2, 0.25) is 5.28 Å². The first-order valence-electron chi connectivity index (χ1n) is 11.5. The van der Waals surface area contributed by atoms with Gasteiger partial charge in [0.2, 0.25) is 22.8 Å². The minimum Gasteiger partial charge on any atom is -0.449 e. The summed E-state index contributed by atoms with van der Waals surface area (Å²) in [6, 6.07) is 6.99. The third-order valence-electron chi connectivity index (χ3n) is 6.12. The molecule has 1 fully saturated rings. The minimum absolute atomic E-state index is 0.0175. The van der Waals surface area contributed by atoms with Gasteiger partial charge in [0.15, 0.2) is 0 Å². The summed E-state index contributed by atoms with van der Waals surface area (Å²) in [5.74, 6) is -0.0560. The van der Waals surface area contributed by atoms with Crippen LogP contribution in [0.25, 0.3) is 21.9 Å². The summed E-state index contributed by atoms with van der Waals surface area (Å²) >= 11 is 6.01. The summed E-state index contributed by atoms with van der Waals surface area (Å²) in [4.78, 5) is 40.0. The highest BCUT2D eigenvalue weighted by Crippen LogP contribution is 2.38. The van der Waals surface area contributed by atoms with Crippen molar-refractivity contribution in [1.29, 1.82) is 0 Å². The highest BCUT2D eigenvalue weighted by atomic mass is 35.5. The number of pyridine rings is 1. The van der Waals surface area contributed by atoms with Gasteiger partial charge in [-0.15, -0.1) is 0 Å². The van der Waals surface area contributed by atoms with Crippen LogP contribution in [-0.4, -0.2) is 70.6 Å². The Hall–Kier alpha value is -3.96. The van der Waals surface area contributed by atoms with E-state index >= 15 is 0 Å². The van der Waals surface area contributed by atoms with Crippen molar-refractivity contribution in [3.63, 3.8) is 0 Å². The number of furan rings is 1. The van der Waals surface area contributed by atoms with Crippen LogP contribution in [0.1, 0.15) is 27.8 Å². The highest BCUT2D eigenvalue weighted by molar-refractivity contribution is 6.28. The van der Waals surface area contributed by atoms with Gasteiger partial charge in [0, 0.05) is 43.3 Å². The zero-order chi connectivity index (χ0) is 24.8. The number of hydrogen-bond donors (Lipinski definition) is 2. The van der Waals surface area contributed by atoms with Crippen LogP contribution < -0.4 is 15.4 Å². The number of nitrogens with one attached hydrogen (secondary N) is 2. The van der Waals surface area contributed by atoms with E-state index in [1.165, 1.54) is 6.20 Å². The van der Waals surface area contributed by atoms with Gasteiger partial charge in [-0.1, -0.05) is 0 Å². The average molecular weight is 509 g/mol.